The van der Waals surface area contributed by atoms with E-state index in [9.17, 15) is 4.79 Å². The summed E-state index contributed by atoms with van der Waals surface area (Å²) in [5, 5.41) is 6.57. The zero-order valence-electron chi connectivity index (χ0n) is 13.2. The van der Waals surface area contributed by atoms with Gasteiger partial charge in [-0.25, -0.2) is 0 Å². The SMILES string of the molecule is CCC1(C(=O)NC(C)c2ccc(SC)cc2)CCNCC1. The molecule has 1 atom stereocenters. The molecule has 0 bridgehead atoms. The summed E-state index contributed by atoms with van der Waals surface area (Å²) in [6.07, 6.45) is 4.86. The number of carbonyl (C=O) groups is 1. The fourth-order valence-corrected chi connectivity index (χ4v) is 3.38. The van der Waals surface area contributed by atoms with E-state index in [4.69, 9.17) is 0 Å². The van der Waals surface area contributed by atoms with Crippen LogP contribution in [-0.2, 0) is 4.79 Å². The molecule has 0 saturated carbocycles. The van der Waals surface area contributed by atoms with E-state index in [1.165, 1.54) is 10.5 Å². The van der Waals surface area contributed by atoms with Crippen LogP contribution in [0.3, 0.4) is 0 Å². The minimum absolute atomic E-state index is 0.0618. The molecule has 2 N–H and O–H groups in total. The Morgan fingerprint density at radius 1 is 1.33 bits per heavy atom. The Bertz CT molecular complexity index is 466. The van der Waals surface area contributed by atoms with Crippen molar-refractivity contribution in [3.05, 3.63) is 29.8 Å². The lowest BCUT2D eigenvalue weighted by molar-refractivity contribution is -0.133. The maximum absolute atomic E-state index is 12.7. The maximum atomic E-state index is 12.7. The predicted molar refractivity (Wildman–Crippen MR) is 89.6 cm³/mol. The quantitative estimate of drug-likeness (QED) is 0.820. The van der Waals surface area contributed by atoms with Crippen LogP contribution in [0.5, 0.6) is 0 Å². The number of hydrogen-bond donors (Lipinski definition) is 2. The minimum Gasteiger partial charge on any atom is -0.349 e. The van der Waals surface area contributed by atoms with Crippen molar-refractivity contribution in [3.8, 4) is 0 Å². The van der Waals surface area contributed by atoms with E-state index in [1.54, 1.807) is 11.8 Å². The number of amides is 1. The first kappa shape index (κ1) is 16.4. The van der Waals surface area contributed by atoms with Crippen molar-refractivity contribution < 1.29 is 4.79 Å². The average molecular weight is 306 g/mol. The lowest BCUT2D eigenvalue weighted by Gasteiger charge is -2.36. The molecule has 1 aromatic rings. The molecule has 3 nitrogen and oxygen atoms in total. The Morgan fingerprint density at radius 3 is 2.48 bits per heavy atom. The zero-order chi connectivity index (χ0) is 15.3. The second-order valence-corrected chi connectivity index (χ2v) is 6.73. The highest BCUT2D eigenvalue weighted by Crippen LogP contribution is 2.33. The van der Waals surface area contributed by atoms with E-state index < -0.39 is 0 Å². The van der Waals surface area contributed by atoms with E-state index >= 15 is 0 Å². The largest absolute Gasteiger partial charge is 0.349 e. The molecule has 1 fully saturated rings. The van der Waals surface area contributed by atoms with Gasteiger partial charge < -0.3 is 10.6 Å². The molecule has 1 amide bonds. The molecule has 0 radical (unpaired) electrons. The zero-order valence-corrected chi connectivity index (χ0v) is 14.1. The summed E-state index contributed by atoms with van der Waals surface area (Å²) in [6.45, 7) is 6.08. The van der Waals surface area contributed by atoms with E-state index in [1.807, 2.05) is 0 Å². The van der Waals surface area contributed by atoms with Gasteiger partial charge in [0.2, 0.25) is 5.91 Å². The van der Waals surface area contributed by atoms with E-state index in [0.717, 1.165) is 32.4 Å². The molecular weight excluding hydrogens is 280 g/mol. The fraction of sp³-hybridized carbons (Fsp3) is 0.588. The molecule has 2 rings (SSSR count). The van der Waals surface area contributed by atoms with Crippen molar-refractivity contribution in [3.63, 3.8) is 0 Å². The predicted octanol–water partition coefficient (Wildman–Crippen LogP) is 3.37. The first-order valence-electron chi connectivity index (χ1n) is 7.77. The average Bonchev–Trinajstić information content (AvgIpc) is 2.55. The smallest absolute Gasteiger partial charge is 0.226 e. The van der Waals surface area contributed by atoms with Gasteiger partial charge >= 0.3 is 0 Å². The maximum Gasteiger partial charge on any atom is 0.226 e. The Morgan fingerprint density at radius 2 is 1.95 bits per heavy atom. The summed E-state index contributed by atoms with van der Waals surface area (Å²) in [5.41, 5.74) is 0.986. The lowest BCUT2D eigenvalue weighted by atomic mass is 9.75. The summed E-state index contributed by atoms with van der Waals surface area (Å²) >= 11 is 1.73. The minimum atomic E-state index is -0.182. The Labute approximate surface area is 132 Å². The molecule has 4 heteroatoms. The fourth-order valence-electron chi connectivity index (χ4n) is 2.97. The molecule has 1 heterocycles. The van der Waals surface area contributed by atoms with Gasteiger partial charge in [0.25, 0.3) is 0 Å². The van der Waals surface area contributed by atoms with Crippen LogP contribution in [0.2, 0.25) is 0 Å². The van der Waals surface area contributed by atoms with Crippen LogP contribution in [0.1, 0.15) is 44.7 Å². The van der Waals surface area contributed by atoms with Crippen LogP contribution in [0.25, 0.3) is 0 Å². The first-order chi connectivity index (χ1) is 10.1. The Balaban J connectivity index is 2.03. The van der Waals surface area contributed by atoms with Crippen LogP contribution in [0.15, 0.2) is 29.2 Å². The summed E-state index contributed by atoms with van der Waals surface area (Å²) in [4.78, 5) is 14.0. The normalized spacial score (nSPS) is 19.0. The van der Waals surface area contributed by atoms with E-state index in [2.05, 4.69) is 55.0 Å². The van der Waals surface area contributed by atoms with Crippen molar-refractivity contribution in [2.24, 2.45) is 5.41 Å². The monoisotopic (exact) mass is 306 g/mol. The van der Waals surface area contributed by atoms with E-state index in [-0.39, 0.29) is 17.4 Å². The van der Waals surface area contributed by atoms with Gasteiger partial charge in [0.1, 0.15) is 0 Å². The van der Waals surface area contributed by atoms with Gasteiger partial charge in [-0.15, -0.1) is 11.8 Å². The number of benzene rings is 1. The van der Waals surface area contributed by atoms with Crippen LogP contribution >= 0.6 is 11.8 Å². The third-order valence-corrected chi connectivity index (χ3v) is 5.43. The van der Waals surface area contributed by atoms with Crippen molar-refractivity contribution in [1.82, 2.24) is 10.6 Å². The first-order valence-corrected chi connectivity index (χ1v) is 8.99. The lowest BCUT2D eigenvalue weighted by Crippen LogP contribution is -2.47. The molecule has 116 valence electrons. The Kier molecular flexibility index (Phi) is 5.71. The second kappa shape index (κ2) is 7.32. The van der Waals surface area contributed by atoms with Crippen molar-refractivity contribution in [2.75, 3.05) is 19.3 Å². The molecule has 0 aliphatic carbocycles. The highest BCUT2D eigenvalue weighted by Gasteiger charge is 2.38. The van der Waals surface area contributed by atoms with Crippen molar-refractivity contribution in [2.45, 2.75) is 44.0 Å². The van der Waals surface area contributed by atoms with E-state index in [0.29, 0.717) is 0 Å². The number of nitrogens with one attached hydrogen (secondary N) is 2. The van der Waals surface area contributed by atoms with Gasteiger partial charge in [0, 0.05) is 4.90 Å². The summed E-state index contributed by atoms with van der Waals surface area (Å²) in [6, 6.07) is 8.51. The standard InChI is InChI=1S/C17H26N2OS/c1-4-17(9-11-18-12-10-17)16(20)19-13(2)14-5-7-15(21-3)8-6-14/h5-8,13,18H,4,9-12H2,1-3H3,(H,19,20). The summed E-state index contributed by atoms with van der Waals surface area (Å²) < 4.78 is 0. The van der Waals surface area contributed by atoms with Gasteiger partial charge in [0.05, 0.1) is 11.5 Å². The molecule has 1 unspecified atom stereocenters. The topological polar surface area (TPSA) is 41.1 Å². The third-order valence-electron chi connectivity index (χ3n) is 4.68. The summed E-state index contributed by atoms with van der Waals surface area (Å²) in [7, 11) is 0. The highest BCUT2D eigenvalue weighted by molar-refractivity contribution is 7.98. The number of piperidine rings is 1. The Hall–Kier alpha value is -1.00. The van der Waals surface area contributed by atoms with Gasteiger partial charge in [-0.3, -0.25) is 4.79 Å². The molecular formula is C17H26N2OS. The molecule has 1 saturated heterocycles. The van der Waals surface area contributed by atoms with Crippen LogP contribution in [0, 0.1) is 5.41 Å². The summed E-state index contributed by atoms with van der Waals surface area (Å²) in [5.74, 6) is 0.216. The van der Waals surface area contributed by atoms with Gasteiger partial charge in [-0.2, -0.15) is 0 Å². The molecule has 1 aliphatic rings. The van der Waals surface area contributed by atoms with Gasteiger partial charge in [-0.1, -0.05) is 19.1 Å². The van der Waals surface area contributed by atoms with Gasteiger partial charge in [-0.05, 0) is 63.2 Å². The molecule has 0 spiro atoms. The highest BCUT2D eigenvalue weighted by atomic mass is 32.2. The molecule has 1 aromatic carbocycles. The number of thioether (sulfide) groups is 1. The third kappa shape index (κ3) is 3.80. The number of carbonyl (C=O) groups excluding carboxylic acids is 1. The number of hydrogen-bond acceptors (Lipinski definition) is 3. The van der Waals surface area contributed by atoms with Gasteiger partial charge in [0.15, 0.2) is 0 Å². The second-order valence-electron chi connectivity index (χ2n) is 5.85. The molecule has 1 aliphatic heterocycles. The van der Waals surface area contributed by atoms with Crippen molar-refractivity contribution in [1.29, 1.82) is 0 Å². The molecule has 21 heavy (non-hydrogen) atoms. The van der Waals surface area contributed by atoms with Crippen LogP contribution < -0.4 is 10.6 Å². The van der Waals surface area contributed by atoms with Crippen LogP contribution in [0.4, 0.5) is 0 Å². The number of rotatable bonds is 5. The molecule has 0 aromatic heterocycles. The van der Waals surface area contributed by atoms with Crippen LogP contribution in [-0.4, -0.2) is 25.3 Å². The van der Waals surface area contributed by atoms with Crippen molar-refractivity contribution >= 4 is 17.7 Å².